The van der Waals surface area contributed by atoms with Crippen LogP contribution in [-0.4, -0.2) is 33.9 Å². The zero-order valence-electron chi connectivity index (χ0n) is 17.4. The van der Waals surface area contributed by atoms with Crippen LogP contribution in [0.3, 0.4) is 0 Å². The standard InChI is InChI=1S/C23H25N3O3S/c1-13-11-14(2)25(3)22(28)19(13)23(29)26-10-6-7-15(26)12-17-16-8-4-5-9-18(16)30-20(17)21(24)27/h4-5,8-9,11,15H,6-7,10,12H2,1-3H3,(H2,24,27)/t15-/m1/s1. The van der Waals surface area contributed by atoms with Crippen molar-refractivity contribution < 1.29 is 9.59 Å². The van der Waals surface area contributed by atoms with Crippen molar-refractivity contribution in [2.45, 2.75) is 39.2 Å². The maximum atomic E-state index is 13.4. The van der Waals surface area contributed by atoms with Crippen LogP contribution in [0.1, 0.15) is 49.7 Å². The third kappa shape index (κ3) is 3.33. The molecule has 3 aromatic rings. The van der Waals surface area contributed by atoms with Crippen molar-refractivity contribution in [2.24, 2.45) is 12.8 Å². The molecule has 1 atom stereocenters. The highest BCUT2D eigenvalue weighted by molar-refractivity contribution is 7.21. The summed E-state index contributed by atoms with van der Waals surface area (Å²) in [6.45, 7) is 4.27. The molecule has 4 rings (SSSR count). The van der Waals surface area contributed by atoms with Gasteiger partial charge in [-0.15, -0.1) is 11.3 Å². The monoisotopic (exact) mass is 423 g/mol. The number of benzene rings is 1. The highest BCUT2D eigenvalue weighted by Crippen LogP contribution is 2.34. The molecule has 0 radical (unpaired) electrons. The molecule has 2 aromatic heterocycles. The Morgan fingerprint density at radius 1 is 1.23 bits per heavy atom. The Morgan fingerprint density at radius 3 is 2.70 bits per heavy atom. The minimum Gasteiger partial charge on any atom is -0.365 e. The second-order valence-electron chi connectivity index (χ2n) is 7.98. The predicted octanol–water partition coefficient (Wildman–Crippen LogP) is 3.16. The molecule has 6 nitrogen and oxygen atoms in total. The maximum absolute atomic E-state index is 13.4. The number of likely N-dealkylation sites (tertiary alicyclic amines) is 1. The summed E-state index contributed by atoms with van der Waals surface area (Å²) in [6.07, 6.45) is 2.26. The molecule has 2 amide bonds. The van der Waals surface area contributed by atoms with Gasteiger partial charge in [0.1, 0.15) is 5.56 Å². The number of aromatic nitrogens is 1. The fourth-order valence-corrected chi connectivity index (χ4v) is 5.52. The number of primary amides is 1. The zero-order chi connectivity index (χ0) is 21.6. The van der Waals surface area contributed by atoms with Crippen molar-refractivity contribution in [1.82, 2.24) is 9.47 Å². The Balaban J connectivity index is 1.71. The number of nitrogens with two attached hydrogens (primary N) is 1. The van der Waals surface area contributed by atoms with E-state index in [0.717, 1.165) is 34.2 Å². The summed E-state index contributed by atoms with van der Waals surface area (Å²) in [5, 5.41) is 1.01. The molecular weight excluding hydrogens is 398 g/mol. The number of hydrogen-bond acceptors (Lipinski definition) is 4. The number of aryl methyl sites for hydroxylation is 2. The number of carbonyl (C=O) groups excluding carboxylic acids is 2. The summed E-state index contributed by atoms with van der Waals surface area (Å²) in [6, 6.07) is 9.66. The van der Waals surface area contributed by atoms with Crippen LogP contribution in [0, 0.1) is 13.8 Å². The van der Waals surface area contributed by atoms with Gasteiger partial charge in [-0.25, -0.2) is 0 Å². The first-order valence-electron chi connectivity index (χ1n) is 10.1. The minimum atomic E-state index is -0.440. The summed E-state index contributed by atoms with van der Waals surface area (Å²) >= 11 is 1.40. The van der Waals surface area contributed by atoms with Gasteiger partial charge in [-0.2, -0.15) is 0 Å². The molecular formula is C23H25N3O3S. The fraction of sp³-hybridized carbons (Fsp3) is 0.348. The molecule has 7 heteroatoms. The third-order valence-corrected chi connectivity index (χ3v) is 7.31. The van der Waals surface area contributed by atoms with Crippen molar-refractivity contribution >= 4 is 33.2 Å². The number of fused-ring (bicyclic) bond motifs is 1. The highest BCUT2D eigenvalue weighted by atomic mass is 32.1. The van der Waals surface area contributed by atoms with E-state index in [2.05, 4.69) is 0 Å². The molecule has 1 aliphatic heterocycles. The average molecular weight is 424 g/mol. The van der Waals surface area contributed by atoms with Gasteiger partial charge in [0.2, 0.25) is 0 Å². The first kappa shape index (κ1) is 20.3. The summed E-state index contributed by atoms with van der Waals surface area (Å²) in [4.78, 5) is 40.6. The molecule has 30 heavy (non-hydrogen) atoms. The Bertz CT molecular complexity index is 1220. The van der Waals surface area contributed by atoms with Crippen LogP contribution in [-0.2, 0) is 13.5 Å². The molecule has 0 bridgehead atoms. The number of thiophene rings is 1. The smallest absolute Gasteiger partial charge is 0.263 e. The van der Waals surface area contributed by atoms with E-state index in [1.807, 2.05) is 44.2 Å². The fourth-order valence-electron chi connectivity index (χ4n) is 4.43. The van der Waals surface area contributed by atoms with Crippen LogP contribution >= 0.6 is 11.3 Å². The van der Waals surface area contributed by atoms with Gasteiger partial charge in [-0.3, -0.25) is 14.4 Å². The van der Waals surface area contributed by atoms with E-state index in [1.54, 1.807) is 11.9 Å². The van der Waals surface area contributed by atoms with Crippen molar-refractivity contribution in [3.8, 4) is 0 Å². The van der Waals surface area contributed by atoms with Gasteiger partial charge in [0.05, 0.1) is 4.88 Å². The van der Waals surface area contributed by atoms with E-state index in [-0.39, 0.29) is 23.1 Å². The Labute approximate surface area is 178 Å². The Kier molecular flexibility index (Phi) is 5.24. The van der Waals surface area contributed by atoms with E-state index in [0.29, 0.717) is 23.4 Å². The van der Waals surface area contributed by atoms with E-state index in [1.165, 1.54) is 15.9 Å². The lowest BCUT2D eigenvalue weighted by Crippen LogP contribution is -2.41. The SMILES string of the molecule is Cc1cc(C)n(C)c(=O)c1C(=O)N1CCC[C@@H]1Cc1c(C(N)=O)sc2ccccc12. The molecule has 0 unspecified atom stereocenters. The summed E-state index contributed by atoms with van der Waals surface area (Å²) in [5.74, 6) is -0.666. The van der Waals surface area contributed by atoms with Gasteiger partial charge < -0.3 is 15.2 Å². The van der Waals surface area contributed by atoms with Crippen molar-refractivity contribution in [3.63, 3.8) is 0 Å². The number of rotatable bonds is 4. The van der Waals surface area contributed by atoms with Gasteiger partial charge in [-0.1, -0.05) is 18.2 Å². The van der Waals surface area contributed by atoms with Gasteiger partial charge in [0, 0.05) is 30.0 Å². The van der Waals surface area contributed by atoms with E-state index in [9.17, 15) is 14.4 Å². The minimum absolute atomic E-state index is 0.0704. The molecule has 0 spiro atoms. The van der Waals surface area contributed by atoms with Crippen LogP contribution in [0.25, 0.3) is 10.1 Å². The van der Waals surface area contributed by atoms with Crippen LogP contribution in [0.5, 0.6) is 0 Å². The topological polar surface area (TPSA) is 85.4 Å². The summed E-state index contributed by atoms with van der Waals surface area (Å²) in [7, 11) is 1.69. The molecule has 1 saturated heterocycles. The second-order valence-corrected chi connectivity index (χ2v) is 9.03. The Hall–Kier alpha value is -2.93. The lowest BCUT2D eigenvalue weighted by molar-refractivity contribution is 0.0733. The third-order valence-electron chi connectivity index (χ3n) is 6.08. The summed E-state index contributed by atoms with van der Waals surface area (Å²) < 4.78 is 2.53. The summed E-state index contributed by atoms with van der Waals surface area (Å²) in [5.41, 5.74) is 8.06. The van der Waals surface area contributed by atoms with Gasteiger partial charge in [0.25, 0.3) is 17.4 Å². The molecule has 0 aliphatic carbocycles. The van der Waals surface area contributed by atoms with Gasteiger partial charge >= 0.3 is 0 Å². The molecule has 1 fully saturated rings. The molecule has 3 heterocycles. The molecule has 156 valence electrons. The zero-order valence-corrected chi connectivity index (χ0v) is 18.2. The molecule has 1 aromatic carbocycles. The maximum Gasteiger partial charge on any atom is 0.263 e. The lowest BCUT2D eigenvalue weighted by atomic mass is 9.99. The van der Waals surface area contributed by atoms with Crippen molar-refractivity contribution in [2.75, 3.05) is 6.54 Å². The first-order chi connectivity index (χ1) is 14.3. The quantitative estimate of drug-likeness (QED) is 0.699. The number of carbonyl (C=O) groups is 2. The average Bonchev–Trinajstić information content (AvgIpc) is 3.31. The largest absolute Gasteiger partial charge is 0.365 e. The van der Waals surface area contributed by atoms with E-state index in [4.69, 9.17) is 5.73 Å². The van der Waals surface area contributed by atoms with Crippen molar-refractivity contribution in [1.29, 1.82) is 0 Å². The van der Waals surface area contributed by atoms with Gasteiger partial charge in [0.15, 0.2) is 0 Å². The number of hydrogen-bond donors (Lipinski definition) is 1. The number of pyridine rings is 1. The Morgan fingerprint density at radius 2 is 1.97 bits per heavy atom. The van der Waals surface area contributed by atoms with Crippen LogP contribution < -0.4 is 11.3 Å². The molecule has 0 saturated carbocycles. The highest BCUT2D eigenvalue weighted by Gasteiger charge is 2.33. The van der Waals surface area contributed by atoms with Crippen LogP contribution in [0.4, 0.5) is 0 Å². The second kappa shape index (κ2) is 7.72. The number of amides is 2. The van der Waals surface area contributed by atoms with Crippen LogP contribution in [0.2, 0.25) is 0 Å². The van der Waals surface area contributed by atoms with Crippen LogP contribution in [0.15, 0.2) is 35.1 Å². The van der Waals surface area contributed by atoms with E-state index >= 15 is 0 Å². The number of nitrogens with zero attached hydrogens (tertiary/aromatic N) is 2. The lowest BCUT2D eigenvalue weighted by Gasteiger charge is -2.26. The van der Waals surface area contributed by atoms with Gasteiger partial charge in [-0.05, 0) is 61.8 Å². The first-order valence-corrected chi connectivity index (χ1v) is 10.9. The molecule has 2 N–H and O–H groups in total. The van der Waals surface area contributed by atoms with Crippen molar-refractivity contribution in [3.05, 3.63) is 67.9 Å². The van der Waals surface area contributed by atoms with E-state index < -0.39 is 5.91 Å². The normalized spacial score (nSPS) is 16.4. The predicted molar refractivity (Wildman–Crippen MR) is 119 cm³/mol. The molecule has 1 aliphatic rings.